The minimum absolute atomic E-state index is 0.0204. The predicted octanol–water partition coefficient (Wildman–Crippen LogP) is 1.94. The molecule has 0 aliphatic carbocycles. The summed E-state index contributed by atoms with van der Waals surface area (Å²) in [5.74, 6) is 0.412. The maximum absolute atomic E-state index is 5.81. The van der Waals surface area contributed by atoms with E-state index in [-0.39, 0.29) is 11.5 Å². The first-order chi connectivity index (χ1) is 4.84. The Balaban J connectivity index is 2.24. The molecule has 0 spiro atoms. The van der Waals surface area contributed by atoms with Gasteiger partial charge in [0.2, 0.25) is 0 Å². The van der Waals surface area contributed by atoms with E-state index in [4.69, 9.17) is 33.0 Å². The zero-order chi connectivity index (χ0) is 7.40. The van der Waals surface area contributed by atoms with E-state index >= 15 is 0 Å². The second-order valence-corrected chi connectivity index (χ2v) is 3.14. The van der Waals surface area contributed by atoms with Gasteiger partial charge in [-0.15, -0.1) is 23.2 Å². The van der Waals surface area contributed by atoms with Gasteiger partial charge in [-0.05, 0) is 12.8 Å². The molecule has 1 heterocycles. The Labute approximate surface area is 70.3 Å². The third-order valence-corrected chi connectivity index (χ3v) is 2.38. The van der Waals surface area contributed by atoms with Crippen molar-refractivity contribution in [1.29, 1.82) is 0 Å². The smallest absolute Gasteiger partial charge is 0.110 e. The summed E-state index contributed by atoms with van der Waals surface area (Å²) >= 11 is 11.3. The van der Waals surface area contributed by atoms with Crippen molar-refractivity contribution in [2.24, 2.45) is 0 Å². The SMILES string of the molecule is ClCC(Cl)C1CCCOO1. The van der Waals surface area contributed by atoms with Gasteiger partial charge in [-0.1, -0.05) is 0 Å². The van der Waals surface area contributed by atoms with Crippen molar-refractivity contribution >= 4 is 23.2 Å². The number of hydrogen-bond acceptors (Lipinski definition) is 2. The van der Waals surface area contributed by atoms with Crippen LogP contribution in [0.15, 0.2) is 0 Å². The molecule has 4 heteroatoms. The zero-order valence-electron chi connectivity index (χ0n) is 5.56. The summed E-state index contributed by atoms with van der Waals surface area (Å²) in [5, 5.41) is -0.123. The molecule has 1 aliphatic heterocycles. The van der Waals surface area contributed by atoms with Crippen LogP contribution in [0.4, 0.5) is 0 Å². The normalized spacial score (nSPS) is 30.0. The van der Waals surface area contributed by atoms with Gasteiger partial charge < -0.3 is 0 Å². The highest BCUT2D eigenvalue weighted by Gasteiger charge is 2.22. The molecule has 1 saturated heterocycles. The Morgan fingerprint density at radius 1 is 1.60 bits per heavy atom. The first-order valence-corrected chi connectivity index (χ1v) is 4.30. The Morgan fingerprint density at radius 3 is 2.90 bits per heavy atom. The van der Waals surface area contributed by atoms with Crippen molar-refractivity contribution in [2.75, 3.05) is 12.5 Å². The van der Waals surface area contributed by atoms with Crippen molar-refractivity contribution in [3.05, 3.63) is 0 Å². The second-order valence-electron chi connectivity index (χ2n) is 2.27. The summed E-state index contributed by atoms with van der Waals surface area (Å²) in [4.78, 5) is 9.68. The van der Waals surface area contributed by atoms with Gasteiger partial charge >= 0.3 is 0 Å². The van der Waals surface area contributed by atoms with Crippen molar-refractivity contribution in [3.8, 4) is 0 Å². The molecular weight excluding hydrogens is 175 g/mol. The van der Waals surface area contributed by atoms with E-state index < -0.39 is 0 Å². The number of alkyl halides is 2. The predicted molar refractivity (Wildman–Crippen MR) is 40.4 cm³/mol. The molecule has 0 aromatic rings. The third-order valence-electron chi connectivity index (χ3n) is 1.46. The molecule has 0 radical (unpaired) electrons. The molecule has 10 heavy (non-hydrogen) atoms. The fraction of sp³-hybridized carbons (Fsp3) is 1.00. The van der Waals surface area contributed by atoms with E-state index in [1.807, 2.05) is 0 Å². The van der Waals surface area contributed by atoms with Crippen LogP contribution in [-0.4, -0.2) is 24.0 Å². The van der Waals surface area contributed by atoms with E-state index in [1.54, 1.807) is 0 Å². The summed E-state index contributed by atoms with van der Waals surface area (Å²) in [6, 6.07) is 0. The third kappa shape index (κ3) is 2.27. The summed E-state index contributed by atoms with van der Waals surface area (Å²) in [6.45, 7) is 0.669. The van der Waals surface area contributed by atoms with E-state index in [0.717, 1.165) is 12.8 Å². The Bertz CT molecular complexity index is 93.7. The Kier molecular flexibility index (Phi) is 3.78. The molecule has 60 valence electrons. The van der Waals surface area contributed by atoms with Gasteiger partial charge in [-0.25, -0.2) is 9.78 Å². The molecule has 1 fully saturated rings. The number of rotatable bonds is 2. The van der Waals surface area contributed by atoms with E-state index in [2.05, 4.69) is 0 Å². The van der Waals surface area contributed by atoms with Gasteiger partial charge in [0.05, 0.1) is 12.0 Å². The molecule has 1 aliphatic rings. The molecule has 0 amide bonds. The number of halogens is 2. The largest absolute Gasteiger partial charge is 0.236 e. The minimum atomic E-state index is -0.123. The first-order valence-electron chi connectivity index (χ1n) is 3.33. The summed E-state index contributed by atoms with van der Waals surface area (Å²) in [6.07, 6.45) is 1.93. The van der Waals surface area contributed by atoms with E-state index in [9.17, 15) is 0 Å². The quantitative estimate of drug-likeness (QED) is 0.483. The van der Waals surface area contributed by atoms with Crippen LogP contribution in [0.2, 0.25) is 0 Å². The van der Waals surface area contributed by atoms with Crippen LogP contribution < -0.4 is 0 Å². The Morgan fingerprint density at radius 2 is 2.40 bits per heavy atom. The van der Waals surface area contributed by atoms with Crippen LogP contribution >= 0.6 is 23.2 Å². The van der Waals surface area contributed by atoms with Crippen LogP contribution in [0.25, 0.3) is 0 Å². The van der Waals surface area contributed by atoms with Crippen LogP contribution in [0.1, 0.15) is 12.8 Å². The Hall–Kier alpha value is 0.500. The summed E-state index contributed by atoms with van der Waals surface area (Å²) in [5.41, 5.74) is 0. The molecule has 0 saturated carbocycles. The molecular formula is C6H10Cl2O2. The van der Waals surface area contributed by atoms with E-state index in [1.165, 1.54) is 0 Å². The fourth-order valence-electron chi connectivity index (χ4n) is 0.868. The highest BCUT2D eigenvalue weighted by molar-refractivity contribution is 6.28. The zero-order valence-corrected chi connectivity index (χ0v) is 7.07. The fourth-order valence-corrected chi connectivity index (χ4v) is 1.23. The first kappa shape index (κ1) is 8.60. The van der Waals surface area contributed by atoms with Gasteiger partial charge in [0.25, 0.3) is 0 Å². The van der Waals surface area contributed by atoms with Gasteiger partial charge in [0.1, 0.15) is 6.10 Å². The highest BCUT2D eigenvalue weighted by atomic mass is 35.5. The van der Waals surface area contributed by atoms with Crippen molar-refractivity contribution in [3.63, 3.8) is 0 Å². The molecule has 1 rings (SSSR count). The van der Waals surface area contributed by atoms with Crippen molar-refractivity contribution < 1.29 is 9.78 Å². The maximum atomic E-state index is 5.81. The monoisotopic (exact) mass is 184 g/mol. The number of hydrogen-bond donors (Lipinski definition) is 0. The topological polar surface area (TPSA) is 18.5 Å². The van der Waals surface area contributed by atoms with Gasteiger partial charge in [-0.3, -0.25) is 0 Å². The molecule has 0 aromatic heterocycles. The lowest BCUT2D eigenvalue weighted by Gasteiger charge is -2.23. The molecule has 0 N–H and O–H groups in total. The average Bonchev–Trinajstić information content (AvgIpc) is 2.05. The van der Waals surface area contributed by atoms with Crippen molar-refractivity contribution in [1.82, 2.24) is 0 Å². The van der Waals surface area contributed by atoms with Crippen LogP contribution in [0.3, 0.4) is 0 Å². The molecule has 2 nitrogen and oxygen atoms in total. The lowest BCUT2D eigenvalue weighted by atomic mass is 10.1. The second kappa shape index (κ2) is 4.39. The van der Waals surface area contributed by atoms with E-state index in [0.29, 0.717) is 12.5 Å². The lowest BCUT2D eigenvalue weighted by Crippen LogP contribution is -2.30. The standard InChI is InChI=1S/C6H10Cl2O2/c7-4-5(8)6-2-1-3-9-10-6/h5-6H,1-4H2. The van der Waals surface area contributed by atoms with Crippen LogP contribution in [-0.2, 0) is 9.78 Å². The summed E-state index contributed by atoms with van der Waals surface area (Å²) in [7, 11) is 0. The minimum Gasteiger partial charge on any atom is -0.236 e. The maximum Gasteiger partial charge on any atom is 0.110 e. The van der Waals surface area contributed by atoms with Crippen molar-refractivity contribution in [2.45, 2.75) is 24.3 Å². The van der Waals surface area contributed by atoms with Gasteiger partial charge in [-0.2, -0.15) is 0 Å². The van der Waals surface area contributed by atoms with Gasteiger partial charge in [0, 0.05) is 5.88 Å². The molecule has 0 bridgehead atoms. The molecule has 2 unspecified atom stereocenters. The van der Waals surface area contributed by atoms with Crippen LogP contribution in [0.5, 0.6) is 0 Å². The molecule has 2 atom stereocenters. The lowest BCUT2D eigenvalue weighted by molar-refractivity contribution is -0.343. The van der Waals surface area contributed by atoms with Crippen LogP contribution in [0, 0.1) is 0 Å². The molecule has 0 aromatic carbocycles. The summed E-state index contributed by atoms with van der Waals surface area (Å²) < 4.78 is 0. The highest BCUT2D eigenvalue weighted by Crippen LogP contribution is 2.18. The average molecular weight is 185 g/mol. The van der Waals surface area contributed by atoms with Gasteiger partial charge in [0.15, 0.2) is 0 Å².